The first-order valence-corrected chi connectivity index (χ1v) is 8.22. The number of aliphatic hydroxyl groups is 1. The summed E-state index contributed by atoms with van der Waals surface area (Å²) in [6.45, 7) is 2.15. The first-order chi connectivity index (χ1) is 10.2. The van der Waals surface area contributed by atoms with Crippen LogP contribution in [0, 0.1) is 11.8 Å². The predicted molar refractivity (Wildman–Crippen MR) is 87.0 cm³/mol. The van der Waals surface area contributed by atoms with Gasteiger partial charge in [-0.2, -0.15) is 0 Å². The third kappa shape index (κ3) is 16.7. The number of carbonyl (C=O) groups is 1. The van der Waals surface area contributed by atoms with E-state index in [-0.39, 0.29) is 6.42 Å². The van der Waals surface area contributed by atoms with Crippen LogP contribution in [0.25, 0.3) is 0 Å². The van der Waals surface area contributed by atoms with Gasteiger partial charge in [0.05, 0.1) is 0 Å². The fourth-order valence-electron chi connectivity index (χ4n) is 2.02. The molecule has 3 heteroatoms. The zero-order valence-electron chi connectivity index (χ0n) is 13.3. The van der Waals surface area contributed by atoms with Gasteiger partial charge in [0.1, 0.15) is 6.10 Å². The van der Waals surface area contributed by atoms with Crippen LogP contribution in [0.3, 0.4) is 0 Å². The van der Waals surface area contributed by atoms with Gasteiger partial charge in [-0.05, 0) is 38.2 Å². The SMILES string of the molecule is CCCCC[C@H](O)C#C/C=C\CCCCCCCC(=O)O. The highest BCUT2D eigenvalue weighted by Crippen LogP contribution is 2.07. The minimum Gasteiger partial charge on any atom is -0.481 e. The zero-order valence-corrected chi connectivity index (χ0v) is 13.3. The highest BCUT2D eigenvalue weighted by atomic mass is 16.4. The summed E-state index contributed by atoms with van der Waals surface area (Å²) in [6, 6.07) is 0. The Bertz CT molecular complexity index is 336. The van der Waals surface area contributed by atoms with Crippen LogP contribution in [0.5, 0.6) is 0 Å². The first kappa shape index (κ1) is 19.7. The molecule has 0 bridgehead atoms. The van der Waals surface area contributed by atoms with Gasteiger partial charge in [-0.25, -0.2) is 0 Å². The largest absolute Gasteiger partial charge is 0.481 e. The molecule has 1 atom stereocenters. The van der Waals surface area contributed by atoms with E-state index >= 15 is 0 Å². The topological polar surface area (TPSA) is 57.5 Å². The highest BCUT2D eigenvalue weighted by Gasteiger charge is 1.97. The summed E-state index contributed by atoms with van der Waals surface area (Å²) >= 11 is 0. The first-order valence-electron chi connectivity index (χ1n) is 8.22. The van der Waals surface area contributed by atoms with Crippen molar-refractivity contribution in [1.82, 2.24) is 0 Å². The Morgan fingerprint density at radius 3 is 2.52 bits per heavy atom. The lowest BCUT2D eigenvalue weighted by Gasteiger charge is -2.00. The van der Waals surface area contributed by atoms with Crippen LogP contribution in [0.2, 0.25) is 0 Å². The number of hydrogen-bond acceptors (Lipinski definition) is 2. The van der Waals surface area contributed by atoms with E-state index in [1.807, 2.05) is 12.2 Å². The van der Waals surface area contributed by atoms with Gasteiger partial charge >= 0.3 is 5.97 Å². The van der Waals surface area contributed by atoms with E-state index in [1.165, 1.54) is 0 Å². The highest BCUT2D eigenvalue weighted by molar-refractivity contribution is 5.66. The van der Waals surface area contributed by atoms with Gasteiger partial charge in [-0.1, -0.05) is 56.9 Å². The molecule has 0 spiro atoms. The van der Waals surface area contributed by atoms with Crippen LogP contribution < -0.4 is 0 Å². The third-order valence-electron chi connectivity index (χ3n) is 3.29. The normalized spacial score (nSPS) is 12.1. The molecule has 0 fully saturated rings. The number of carboxylic acid groups (broad SMARTS) is 1. The Balaban J connectivity index is 3.41. The molecule has 0 aliphatic carbocycles. The molecule has 120 valence electrons. The molecular weight excluding hydrogens is 264 g/mol. The van der Waals surface area contributed by atoms with Gasteiger partial charge in [-0.15, -0.1) is 0 Å². The number of allylic oxidation sites excluding steroid dienone is 2. The lowest BCUT2D eigenvalue weighted by Crippen LogP contribution is -2.01. The fourth-order valence-corrected chi connectivity index (χ4v) is 2.02. The van der Waals surface area contributed by atoms with Crippen LogP contribution in [-0.4, -0.2) is 22.3 Å². The molecule has 0 amide bonds. The standard InChI is InChI=1S/C18H30O3/c1-2-3-11-14-17(19)15-12-9-7-5-4-6-8-10-13-16-18(20)21/h7,9,17,19H,2-6,8,10-11,13-14,16H2,1H3,(H,20,21)/b9-7-/t17-/m0/s1. The Labute approximate surface area is 129 Å². The Morgan fingerprint density at radius 2 is 1.81 bits per heavy atom. The fraction of sp³-hybridized carbons (Fsp3) is 0.722. The van der Waals surface area contributed by atoms with Crippen LogP contribution in [-0.2, 0) is 4.79 Å². The van der Waals surface area contributed by atoms with Gasteiger partial charge < -0.3 is 10.2 Å². The van der Waals surface area contributed by atoms with E-state index in [1.54, 1.807) is 0 Å². The molecule has 0 saturated carbocycles. The molecule has 0 unspecified atom stereocenters. The molecule has 0 saturated heterocycles. The van der Waals surface area contributed by atoms with E-state index in [9.17, 15) is 9.90 Å². The molecule has 2 N–H and O–H groups in total. The molecule has 0 aliphatic heterocycles. The monoisotopic (exact) mass is 294 g/mol. The number of aliphatic hydroxyl groups excluding tert-OH is 1. The van der Waals surface area contributed by atoms with Crippen molar-refractivity contribution in [1.29, 1.82) is 0 Å². The van der Waals surface area contributed by atoms with Crippen molar-refractivity contribution in [3.05, 3.63) is 12.2 Å². The second-order valence-electron chi connectivity index (χ2n) is 5.40. The van der Waals surface area contributed by atoms with Crippen LogP contribution in [0.1, 0.15) is 77.6 Å². The summed E-state index contributed by atoms with van der Waals surface area (Å²) < 4.78 is 0. The van der Waals surface area contributed by atoms with Crippen molar-refractivity contribution >= 4 is 5.97 Å². The summed E-state index contributed by atoms with van der Waals surface area (Å²) in [5.41, 5.74) is 0. The lowest BCUT2D eigenvalue weighted by atomic mass is 10.1. The number of hydrogen-bond donors (Lipinski definition) is 2. The number of aliphatic carboxylic acids is 1. The predicted octanol–water partition coefficient (Wildman–Crippen LogP) is 4.30. The molecule has 0 rings (SSSR count). The van der Waals surface area contributed by atoms with Gasteiger partial charge in [0.2, 0.25) is 0 Å². The average molecular weight is 294 g/mol. The van der Waals surface area contributed by atoms with E-state index in [2.05, 4.69) is 18.8 Å². The third-order valence-corrected chi connectivity index (χ3v) is 3.29. The number of unbranched alkanes of at least 4 members (excludes halogenated alkanes) is 7. The van der Waals surface area contributed by atoms with Crippen LogP contribution in [0.15, 0.2) is 12.2 Å². The quantitative estimate of drug-likeness (QED) is 0.417. The van der Waals surface area contributed by atoms with E-state index < -0.39 is 12.1 Å². The maximum absolute atomic E-state index is 10.3. The van der Waals surface area contributed by atoms with Crippen LogP contribution in [0.4, 0.5) is 0 Å². The molecular formula is C18H30O3. The molecule has 21 heavy (non-hydrogen) atoms. The van der Waals surface area contributed by atoms with Crippen molar-refractivity contribution in [2.75, 3.05) is 0 Å². The molecule has 0 aromatic heterocycles. The number of rotatable bonds is 12. The summed E-state index contributed by atoms with van der Waals surface area (Å²) in [7, 11) is 0. The Hall–Kier alpha value is -1.27. The Kier molecular flexibility index (Phi) is 14.2. The molecule has 0 radical (unpaired) electrons. The second-order valence-corrected chi connectivity index (χ2v) is 5.40. The average Bonchev–Trinajstić information content (AvgIpc) is 2.44. The Morgan fingerprint density at radius 1 is 1.10 bits per heavy atom. The molecule has 0 aliphatic rings. The second kappa shape index (κ2) is 15.1. The van der Waals surface area contributed by atoms with Gasteiger partial charge in [0, 0.05) is 6.42 Å². The molecule has 3 nitrogen and oxygen atoms in total. The van der Waals surface area contributed by atoms with E-state index in [0.717, 1.165) is 64.2 Å². The zero-order chi connectivity index (χ0) is 15.8. The van der Waals surface area contributed by atoms with E-state index in [0.29, 0.717) is 0 Å². The molecule has 0 aromatic carbocycles. The summed E-state index contributed by atoms with van der Waals surface area (Å²) in [5, 5.41) is 18.1. The van der Waals surface area contributed by atoms with Crippen molar-refractivity contribution in [2.45, 2.75) is 83.7 Å². The minimum atomic E-state index is -0.701. The van der Waals surface area contributed by atoms with Crippen LogP contribution >= 0.6 is 0 Å². The summed E-state index contributed by atoms with van der Waals surface area (Å²) in [5.74, 6) is 5.02. The van der Waals surface area contributed by atoms with Crippen molar-refractivity contribution in [2.24, 2.45) is 0 Å². The maximum atomic E-state index is 10.3. The summed E-state index contributed by atoms with van der Waals surface area (Å²) in [6.07, 6.45) is 13.9. The van der Waals surface area contributed by atoms with Gasteiger partial charge in [-0.3, -0.25) is 4.79 Å². The lowest BCUT2D eigenvalue weighted by molar-refractivity contribution is -0.137. The minimum absolute atomic E-state index is 0.288. The van der Waals surface area contributed by atoms with Gasteiger partial charge in [0.15, 0.2) is 0 Å². The van der Waals surface area contributed by atoms with Crippen molar-refractivity contribution < 1.29 is 15.0 Å². The smallest absolute Gasteiger partial charge is 0.303 e. The molecule has 0 heterocycles. The number of carboxylic acids is 1. The maximum Gasteiger partial charge on any atom is 0.303 e. The summed E-state index contributed by atoms with van der Waals surface area (Å²) in [4.78, 5) is 10.3. The van der Waals surface area contributed by atoms with E-state index in [4.69, 9.17) is 5.11 Å². The van der Waals surface area contributed by atoms with Gasteiger partial charge in [0.25, 0.3) is 0 Å². The van der Waals surface area contributed by atoms with Crippen molar-refractivity contribution in [3.8, 4) is 11.8 Å². The van der Waals surface area contributed by atoms with Crippen molar-refractivity contribution in [3.63, 3.8) is 0 Å². The molecule has 0 aromatic rings.